The number of aliphatic carboxylic acids is 1. The maximum atomic E-state index is 12.8. The number of hydrogen-bond donors (Lipinski definition) is 21. The van der Waals surface area contributed by atoms with Gasteiger partial charge in [0.1, 0.15) is 134 Å². The molecule has 0 aromatic heterocycles. The molecule has 0 unspecified atom stereocenters. The number of carboxylic acids is 1. The summed E-state index contributed by atoms with van der Waals surface area (Å²) in [6, 6.07) is -5.20. The van der Waals surface area contributed by atoms with Gasteiger partial charge in [-0.1, -0.05) is 0 Å². The number of nitrogens with one attached hydrogen (secondary N) is 3. The summed E-state index contributed by atoms with van der Waals surface area (Å²) in [5.74, 6) is -7.51. The Labute approximate surface area is 459 Å². The lowest BCUT2D eigenvalue weighted by Crippen LogP contribution is -2.71. The molecule has 6 rings (SSSR count). The quantitative estimate of drug-likeness (QED) is 0.0507. The molecule has 0 aromatic rings. The van der Waals surface area contributed by atoms with Crippen LogP contribution in [0.1, 0.15) is 34.1 Å². The molecule has 0 spiro atoms. The molecule has 0 saturated carbocycles. The lowest BCUT2D eigenvalue weighted by molar-refractivity contribution is -0.388. The SMILES string of the molecule is CC(=O)N[C@@H]1[C@@H](O[C@@H]2O[C@H](CO)[C@H](O[C@H]3O[C@H](CO)[C@H](O)[C@H](O[C@@H]4O[C@H](CO)[C@H](O)[C@H](O)[C@H]4O[C@@H]4O[C@@H](C)[C@@H](O)[C@@H](O)[C@@H]4O)[C@H]3NC(C)=O)[C@H](O)[C@H]2O)[C@@H](O)[C@@H](CO[C@]2(C(=O)O)C[C@H](O)[C@@H](NC(C)=O)[C@H]([C@H](O)[C@H](O)CO)O2)O[C@@H]1O. The van der Waals surface area contributed by atoms with Crippen LogP contribution in [0.25, 0.3) is 0 Å². The van der Waals surface area contributed by atoms with Gasteiger partial charge in [0.25, 0.3) is 5.79 Å². The van der Waals surface area contributed by atoms with Gasteiger partial charge in [0.05, 0.1) is 51.3 Å². The number of amides is 3. The molecule has 6 aliphatic heterocycles. The Kier molecular flexibility index (Phi) is 23.4. The number of carboxylic acid groups (broad SMARTS) is 1. The summed E-state index contributed by atoms with van der Waals surface area (Å²) in [6.07, 6.45) is -53.9. The zero-order chi connectivity index (χ0) is 60.3. The summed E-state index contributed by atoms with van der Waals surface area (Å²) in [5.41, 5.74) is 0. The molecule has 0 bridgehead atoms. The minimum absolute atomic E-state index is 0.791. The monoisotopic (exact) mass is 1190 g/mol. The first-order valence-corrected chi connectivity index (χ1v) is 25.6. The topological polar surface area (TPSA) is 570 Å². The van der Waals surface area contributed by atoms with Crippen LogP contribution in [0.4, 0.5) is 0 Å². The summed E-state index contributed by atoms with van der Waals surface area (Å²) >= 11 is 0. The molecule has 36 nitrogen and oxygen atoms in total. The highest BCUT2D eigenvalue weighted by Gasteiger charge is 2.60. The van der Waals surface area contributed by atoms with Gasteiger partial charge in [-0.15, -0.1) is 0 Å². The third kappa shape index (κ3) is 14.7. The summed E-state index contributed by atoms with van der Waals surface area (Å²) in [6.45, 7) is -1.09. The van der Waals surface area contributed by atoms with Crippen molar-refractivity contribution in [1.82, 2.24) is 16.0 Å². The Morgan fingerprint density at radius 1 is 0.519 bits per heavy atom. The second-order valence-corrected chi connectivity index (χ2v) is 20.4. The van der Waals surface area contributed by atoms with Gasteiger partial charge in [0.2, 0.25) is 17.7 Å². The standard InChI is InChI=1S/C45H75N3O33/c1-11-24(58)29(63)32(66)41(72-11)80-38-30(64)26(60)17(7-50)75-43(38)79-36-23(48-14(4)55)40(74-18(8-51)27(36)61)77-34-19(9-52)76-42(33(67)31(34)65)78-35-22(47-13(3)54)39(68)73-20(28(35)62)10-71-45(44(69)70)5-15(56)21(46-12(2)53)37(81-45)25(59)16(57)6-49/h11,15-43,49-52,56-68H,5-10H2,1-4H3,(H,46,53)(H,47,54)(H,48,55)(H,69,70)/t11-,15-,16+,17+,18+,19+,20+,21+,22+,23+,24+,25+,26-,27-,28-,29+,30-,31+,32-,33+,34-,35+,36+,37+,38+,39-,40+,41-,42-,43-,45+/m0/s1. The number of carbonyl (C=O) groups excluding carboxylic acids is 3. The molecule has 31 atom stereocenters. The minimum atomic E-state index is -2.99. The lowest BCUT2D eigenvalue weighted by atomic mass is 9.88. The number of rotatable bonds is 21. The molecule has 36 heteroatoms. The van der Waals surface area contributed by atoms with E-state index in [0.29, 0.717) is 0 Å². The van der Waals surface area contributed by atoms with Crippen LogP contribution in [-0.2, 0) is 71.3 Å². The molecule has 0 aliphatic carbocycles. The number of carbonyl (C=O) groups is 4. The van der Waals surface area contributed by atoms with Crippen molar-refractivity contribution in [3.05, 3.63) is 0 Å². The van der Waals surface area contributed by atoms with Crippen molar-refractivity contribution in [3.63, 3.8) is 0 Å². The van der Waals surface area contributed by atoms with Crippen molar-refractivity contribution in [2.75, 3.05) is 33.0 Å². The average molecular weight is 1190 g/mol. The highest BCUT2D eigenvalue weighted by Crippen LogP contribution is 2.38. The summed E-state index contributed by atoms with van der Waals surface area (Å²) in [4.78, 5) is 50.1. The Morgan fingerprint density at radius 3 is 1.57 bits per heavy atom. The molecule has 6 fully saturated rings. The minimum Gasteiger partial charge on any atom is -0.477 e. The third-order valence-electron chi connectivity index (χ3n) is 14.6. The number of hydrogen-bond acceptors (Lipinski definition) is 32. The fraction of sp³-hybridized carbons (Fsp3) is 0.911. The smallest absolute Gasteiger partial charge is 0.364 e. The zero-order valence-corrected chi connectivity index (χ0v) is 43.7. The number of aliphatic hydroxyl groups excluding tert-OH is 17. The summed E-state index contributed by atoms with van der Waals surface area (Å²) < 4.78 is 63.3. The van der Waals surface area contributed by atoms with E-state index in [-0.39, 0.29) is 0 Å². The number of aliphatic hydroxyl groups is 17. The average Bonchev–Trinajstić information content (AvgIpc) is 3.58. The van der Waals surface area contributed by atoms with Crippen LogP contribution in [0.5, 0.6) is 0 Å². The van der Waals surface area contributed by atoms with E-state index < -0.39 is 253 Å². The predicted octanol–water partition coefficient (Wildman–Crippen LogP) is -13.4. The van der Waals surface area contributed by atoms with Gasteiger partial charge in [-0.3, -0.25) is 14.4 Å². The van der Waals surface area contributed by atoms with Crippen molar-refractivity contribution in [2.45, 2.75) is 224 Å². The Morgan fingerprint density at radius 2 is 0.988 bits per heavy atom. The van der Waals surface area contributed by atoms with Crippen molar-refractivity contribution in [3.8, 4) is 0 Å². The van der Waals surface area contributed by atoms with Crippen LogP contribution in [0.3, 0.4) is 0 Å². The maximum absolute atomic E-state index is 12.8. The zero-order valence-electron chi connectivity index (χ0n) is 43.7. The molecule has 6 saturated heterocycles. The Bertz CT molecular complexity index is 2070. The van der Waals surface area contributed by atoms with Crippen LogP contribution >= 0.6 is 0 Å². The molecular formula is C45H75N3O33. The van der Waals surface area contributed by atoms with Crippen molar-refractivity contribution < 1.29 is 163 Å². The molecule has 468 valence electrons. The van der Waals surface area contributed by atoms with Crippen molar-refractivity contribution in [2.24, 2.45) is 0 Å². The fourth-order valence-electron chi connectivity index (χ4n) is 10.2. The van der Waals surface area contributed by atoms with Gasteiger partial charge in [-0.2, -0.15) is 0 Å². The number of ether oxygens (including phenoxy) is 11. The highest BCUT2D eigenvalue weighted by molar-refractivity contribution is 5.77. The third-order valence-corrected chi connectivity index (χ3v) is 14.6. The predicted molar refractivity (Wildman–Crippen MR) is 250 cm³/mol. The van der Waals surface area contributed by atoms with E-state index >= 15 is 0 Å². The Balaban J connectivity index is 1.23. The largest absolute Gasteiger partial charge is 0.477 e. The van der Waals surface area contributed by atoms with E-state index in [9.17, 15) is 111 Å². The van der Waals surface area contributed by atoms with Crippen molar-refractivity contribution >= 4 is 23.7 Å². The van der Waals surface area contributed by atoms with E-state index in [4.69, 9.17) is 52.1 Å². The van der Waals surface area contributed by atoms with Crippen LogP contribution in [0, 0.1) is 0 Å². The second-order valence-electron chi connectivity index (χ2n) is 20.4. The van der Waals surface area contributed by atoms with E-state index in [0.717, 1.165) is 20.8 Å². The first-order valence-electron chi connectivity index (χ1n) is 25.6. The first kappa shape index (κ1) is 66.9. The van der Waals surface area contributed by atoms with Gasteiger partial charge in [0.15, 0.2) is 31.5 Å². The lowest BCUT2D eigenvalue weighted by Gasteiger charge is -2.51. The van der Waals surface area contributed by atoms with Crippen LogP contribution < -0.4 is 16.0 Å². The fourth-order valence-corrected chi connectivity index (χ4v) is 10.2. The Hall–Kier alpha value is -3.24. The van der Waals surface area contributed by atoms with Gasteiger partial charge < -0.3 is 160 Å². The molecule has 21 N–H and O–H groups in total. The summed E-state index contributed by atoms with van der Waals surface area (Å²) in [5, 5.41) is 201. The van der Waals surface area contributed by atoms with Gasteiger partial charge in [-0.25, -0.2) is 4.79 Å². The molecule has 6 heterocycles. The van der Waals surface area contributed by atoms with Crippen LogP contribution in [0.2, 0.25) is 0 Å². The van der Waals surface area contributed by atoms with E-state index in [1.807, 2.05) is 0 Å². The van der Waals surface area contributed by atoms with Gasteiger partial charge in [-0.05, 0) is 6.92 Å². The van der Waals surface area contributed by atoms with Crippen LogP contribution in [0.15, 0.2) is 0 Å². The maximum Gasteiger partial charge on any atom is 0.364 e. The van der Waals surface area contributed by atoms with Gasteiger partial charge in [0, 0.05) is 27.2 Å². The molecular weight excluding hydrogens is 1110 g/mol. The molecule has 0 radical (unpaired) electrons. The molecule has 81 heavy (non-hydrogen) atoms. The van der Waals surface area contributed by atoms with E-state index in [1.165, 1.54) is 6.92 Å². The summed E-state index contributed by atoms with van der Waals surface area (Å²) in [7, 11) is 0. The molecule has 0 aromatic carbocycles. The second kappa shape index (κ2) is 28.3. The van der Waals surface area contributed by atoms with Gasteiger partial charge >= 0.3 is 5.97 Å². The molecule has 6 aliphatic rings. The van der Waals surface area contributed by atoms with Crippen molar-refractivity contribution in [1.29, 1.82) is 0 Å². The first-order chi connectivity index (χ1) is 38.0. The van der Waals surface area contributed by atoms with E-state index in [1.54, 1.807) is 0 Å². The van der Waals surface area contributed by atoms with E-state index in [2.05, 4.69) is 16.0 Å². The molecule has 3 amide bonds. The van der Waals surface area contributed by atoms with Crippen LogP contribution in [-0.4, -0.2) is 338 Å². The highest BCUT2D eigenvalue weighted by atomic mass is 16.8. The normalized spacial score (nSPS) is 46.7.